The van der Waals surface area contributed by atoms with Crippen molar-refractivity contribution in [2.24, 2.45) is 0 Å². The molecule has 0 saturated heterocycles. The molecule has 110 valence electrons. The fourth-order valence-corrected chi connectivity index (χ4v) is 1.58. The first kappa shape index (κ1) is 16.0. The Balaban J connectivity index is 2.40. The van der Waals surface area contributed by atoms with Crippen molar-refractivity contribution < 1.29 is 14.3 Å². The molecular weight excluding hydrogens is 256 g/mol. The van der Waals surface area contributed by atoms with Crippen molar-refractivity contribution in [2.45, 2.75) is 39.7 Å². The SMILES string of the molecule is CC(C)OC(=O)CNC(=O)Nc1ccc(C(C)C)cc1. The van der Waals surface area contributed by atoms with E-state index < -0.39 is 12.0 Å². The number of carbonyl (C=O) groups is 2. The van der Waals surface area contributed by atoms with Gasteiger partial charge in [0.25, 0.3) is 0 Å². The van der Waals surface area contributed by atoms with Gasteiger partial charge in [-0.15, -0.1) is 0 Å². The van der Waals surface area contributed by atoms with E-state index in [0.717, 1.165) is 0 Å². The highest BCUT2D eigenvalue weighted by Crippen LogP contribution is 2.16. The van der Waals surface area contributed by atoms with Crippen LogP contribution in [0.15, 0.2) is 24.3 Å². The van der Waals surface area contributed by atoms with Gasteiger partial charge in [0.1, 0.15) is 6.54 Å². The Morgan fingerprint density at radius 1 is 1.10 bits per heavy atom. The molecule has 1 aromatic rings. The summed E-state index contributed by atoms with van der Waals surface area (Å²) in [5, 5.41) is 5.11. The highest BCUT2D eigenvalue weighted by molar-refractivity contribution is 5.91. The normalized spacial score (nSPS) is 10.5. The standard InChI is InChI=1S/C15H22N2O3/c1-10(2)12-5-7-13(8-6-12)17-15(19)16-9-14(18)20-11(3)4/h5-8,10-11H,9H2,1-4H3,(H2,16,17,19). The van der Waals surface area contributed by atoms with Gasteiger partial charge in [0.05, 0.1) is 6.10 Å². The first-order valence-corrected chi connectivity index (χ1v) is 6.72. The summed E-state index contributed by atoms with van der Waals surface area (Å²) < 4.78 is 4.91. The summed E-state index contributed by atoms with van der Waals surface area (Å²) in [6, 6.07) is 7.17. The van der Waals surface area contributed by atoms with Crippen molar-refractivity contribution in [2.75, 3.05) is 11.9 Å². The average molecular weight is 278 g/mol. The largest absolute Gasteiger partial charge is 0.462 e. The summed E-state index contributed by atoms with van der Waals surface area (Å²) in [5.41, 5.74) is 1.89. The maximum atomic E-state index is 11.6. The molecule has 5 nitrogen and oxygen atoms in total. The highest BCUT2D eigenvalue weighted by Gasteiger charge is 2.08. The molecule has 1 aromatic carbocycles. The maximum Gasteiger partial charge on any atom is 0.325 e. The zero-order valence-corrected chi connectivity index (χ0v) is 12.4. The Morgan fingerprint density at radius 2 is 1.70 bits per heavy atom. The molecule has 5 heteroatoms. The van der Waals surface area contributed by atoms with Gasteiger partial charge in [0.2, 0.25) is 0 Å². The molecular formula is C15H22N2O3. The maximum absolute atomic E-state index is 11.6. The van der Waals surface area contributed by atoms with Gasteiger partial charge in [-0.1, -0.05) is 26.0 Å². The van der Waals surface area contributed by atoms with E-state index in [9.17, 15) is 9.59 Å². The third-order valence-electron chi connectivity index (χ3n) is 2.60. The third kappa shape index (κ3) is 5.73. The van der Waals surface area contributed by atoms with Crippen molar-refractivity contribution >= 4 is 17.7 Å². The molecule has 0 aliphatic carbocycles. The second kappa shape index (κ2) is 7.53. The zero-order valence-electron chi connectivity index (χ0n) is 12.4. The fourth-order valence-electron chi connectivity index (χ4n) is 1.58. The van der Waals surface area contributed by atoms with E-state index in [4.69, 9.17) is 4.74 Å². The zero-order chi connectivity index (χ0) is 15.1. The molecule has 0 aliphatic rings. The first-order valence-electron chi connectivity index (χ1n) is 6.72. The van der Waals surface area contributed by atoms with Crippen molar-refractivity contribution in [3.8, 4) is 0 Å². The predicted octanol–water partition coefficient (Wildman–Crippen LogP) is 2.88. The molecule has 0 saturated carbocycles. The van der Waals surface area contributed by atoms with Crippen LogP contribution in [0, 0.1) is 0 Å². The van der Waals surface area contributed by atoms with Gasteiger partial charge in [0.15, 0.2) is 0 Å². The Morgan fingerprint density at radius 3 is 2.20 bits per heavy atom. The van der Waals surface area contributed by atoms with E-state index in [0.29, 0.717) is 11.6 Å². The molecule has 0 atom stereocenters. The van der Waals surface area contributed by atoms with Crippen LogP contribution in [0.2, 0.25) is 0 Å². The van der Waals surface area contributed by atoms with Crippen molar-refractivity contribution in [3.63, 3.8) is 0 Å². The molecule has 20 heavy (non-hydrogen) atoms. The number of esters is 1. The topological polar surface area (TPSA) is 67.4 Å². The van der Waals surface area contributed by atoms with E-state index >= 15 is 0 Å². The number of urea groups is 1. The number of hydrogen-bond donors (Lipinski definition) is 2. The molecule has 1 rings (SSSR count). The molecule has 0 spiro atoms. The summed E-state index contributed by atoms with van der Waals surface area (Å²) in [7, 11) is 0. The van der Waals surface area contributed by atoms with Gasteiger partial charge in [-0.3, -0.25) is 4.79 Å². The van der Waals surface area contributed by atoms with Crippen LogP contribution in [-0.2, 0) is 9.53 Å². The first-order chi connectivity index (χ1) is 9.38. The second-order valence-electron chi connectivity index (χ2n) is 5.12. The predicted molar refractivity (Wildman–Crippen MR) is 78.8 cm³/mol. The smallest absolute Gasteiger partial charge is 0.325 e. The third-order valence-corrected chi connectivity index (χ3v) is 2.60. The lowest BCUT2D eigenvalue weighted by molar-refractivity contribution is -0.146. The summed E-state index contributed by atoms with van der Waals surface area (Å²) in [5.74, 6) is -0.00557. The minimum atomic E-state index is -0.453. The summed E-state index contributed by atoms with van der Waals surface area (Å²) in [6.45, 7) is 7.58. The fraction of sp³-hybridized carbons (Fsp3) is 0.467. The van der Waals surface area contributed by atoms with Crippen LogP contribution in [0.25, 0.3) is 0 Å². The van der Waals surface area contributed by atoms with E-state index in [1.54, 1.807) is 13.8 Å². The molecule has 0 fully saturated rings. The Hall–Kier alpha value is -2.04. The Bertz CT molecular complexity index is 453. The summed E-state index contributed by atoms with van der Waals surface area (Å²) >= 11 is 0. The van der Waals surface area contributed by atoms with Gasteiger partial charge in [0, 0.05) is 5.69 Å². The lowest BCUT2D eigenvalue weighted by Crippen LogP contribution is -2.34. The van der Waals surface area contributed by atoms with Crippen LogP contribution in [0.4, 0.5) is 10.5 Å². The van der Waals surface area contributed by atoms with Crippen LogP contribution in [0.3, 0.4) is 0 Å². The minimum Gasteiger partial charge on any atom is -0.462 e. The molecule has 0 unspecified atom stereocenters. The second-order valence-corrected chi connectivity index (χ2v) is 5.12. The van der Waals surface area contributed by atoms with Gasteiger partial charge in [-0.05, 0) is 37.5 Å². The van der Waals surface area contributed by atoms with Crippen LogP contribution in [0.5, 0.6) is 0 Å². The van der Waals surface area contributed by atoms with E-state index in [1.807, 2.05) is 24.3 Å². The molecule has 2 N–H and O–H groups in total. The van der Waals surface area contributed by atoms with Gasteiger partial charge < -0.3 is 15.4 Å². The van der Waals surface area contributed by atoms with Crippen molar-refractivity contribution in [1.29, 1.82) is 0 Å². The lowest BCUT2D eigenvalue weighted by atomic mass is 10.0. The average Bonchev–Trinajstić information content (AvgIpc) is 2.36. The van der Waals surface area contributed by atoms with Gasteiger partial charge in [-0.25, -0.2) is 4.79 Å². The summed E-state index contributed by atoms with van der Waals surface area (Å²) in [4.78, 5) is 22.9. The molecule has 0 heterocycles. The van der Waals surface area contributed by atoms with Gasteiger partial charge >= 0.3 is 12.0 Å². The van der Waals surface area contributed by atoms with E-state index in [-0.39, 0.29) is 12.6 Å². The molecule has 0 bridgehead atoms. The van der Waals surface area contributed by atoms with Crippen LogP contribution in [-0.4, -0.2) is 24.6 Å². The number of amides is 2. The van der Waals surface area contributed by atoms with Crippen molar-refractivity contribution in [3.05, 3.63) is 29.8 Å². The van der Waals surface area contributed by atoms with E-state index in [2.05, 4.69) is 24.5 Å². The number of anilines is 1. The van der Waals surface area contributed by atoms with Crippen molar-refractivity contribution in [1.82, 2.24) is 5.32 Å². The van der Waals surface area contributed by atoms with Gasteiger partial charge in [-0.2, -0.15) is 0 Å². The number of ether oxygens (including phenoxy) is 1. The number of rotatable bonds is 5. The number of carbonyl (C=O) groups excluding carboxylic acids is 2. The quantitative estimate of drug-likeness (QED) is 0.814. The lowest BCUT2D eigenvalue weighted by Gasteiger charge is -2.10. The van der Waals surface area contributed by atoms with Crippen LogP contribution in [0.1, 0.15) is 39.2 Å². The number of benzene rings is 1. The van der Waals surface area contributed by atoms with Crippen LogP contribution >= 0.6 is 0 Å². The van der Waals surface area contributed by atoms with Crippen LogP contribution < -0.4 is 10.6 Å². The number of hydrogen-bond acceptors (Lipinski definition) is 3. The molecule has 2 amide bonds. The molecule has 0 radical (unpaired) electrons. The number of nitrogens with one attached hydrogen (secondary N) is 2. The summed E-state index contributed by atoms with van der Waals surface area (Å²) in [6.07, 6.45) is -0.184. The Labute approximate surface area is 119 Å². The molecule has 0 aromatic heterocycles. The highest BCUT2D eigenvalue weighted by atomic mass is 16.5. The minimum absolute atomic E-state index is 0.145. The Kier molecular flexibility index (Phi) is 6.03. The monoisotopic (exact) mass is 278 g/mol. The molecule has 0 aliphatic heterocycles. The van der Waals surface area contributed by atoms with E-state index in [1.165, 1.54) is 5.56 Å².